The molecular weight excluding hydrogens is 242 g/mol. The van der Waals surface area contributed by atoms with Crippen LogP contribution < -0.4 is 5.32 Å². The SMILES string of the molecule is O=C(/C=C/c1ccccc1)NCC1(C(=O)O)CCC1. The van der Waals surface area contributed by atoms with Crippen LogP contribution in [0.5, 0.6) is 0 Å². The van der Waals surface area contributed by atoms with Gasteiger partial charge in [0.25, 0.3) is 0 Å². The Balaban J connectivity index is 1.85. The van der Waals surface area contributed by atoms with Crippen LogP contribution in [0.1, 0.15) is 24.8 Å². The maximum absolute atomic E-state index is 11.6. The van der Waals surface area contributed by atoms with E-state index < -0.39 is 11.4 Å². The molecule has 1 aromatic rings. The number of nitrogens with one attached hydrogen (secondary N) is 1. The maximum Gasteiger partial charge on any atom is 0.311 e. The Morgan fingerprint density at radius 1 is 1.26 bits per heavy atom. The molecule has 2 rings (SSSR count). The molecule has 100 valence electrons. The Bertz CT molecular complexity index is 489. The van der Waals surface area contributed by atoms with Gasteiger partial charge in [0.05, 0.1) is 5.41 Å². The topological polar surface area (TPSA) is 66.4 Å². The molecular formula is C15H17NO3. The largest absolute Gasteiger partial charge is 0.481 e. The molecule has 0 saturated heterocycles. The molecule has 19 heavy (non-hydrogen) atoms. The average Bonchev–Trinajstić information content (AvgIpc) is 2.36. The number of carboxylic acids is 1. The number of aliphatic carboxylic acids is 1. The molecule has 1 aromatic carbocycles. The fourth-order valence-electron chi connectivity index (χ4n) is 2.12. The third-order valence-corrected chi connectivity index (χ3v) is 3.59. The van der Waals surface area contributed by atoms with Crippen LogP contribution in [-0.2, 0) is 9.59 Å². The second-order valence-corrected chi connectivity index (χ2v) is 4.90. The lowest BCUT2D eigenvalue weighted by molar-refractivity contribution is -0.154. The number of carbonyl (C=O) groups excluding carboxylic acids is 1. The van der Waals surface area contributed by atoms with Crippen LogP contribution in [0.2, 0.25) is 0 Å². The normalized spacial score (nSPS) is 16.8. The Hall–Kier alpha value is -2.10. The van der Waals surface area contributed by atoms with Crippen LogP contribution in [-0.4, -0.2) is 23.5 Å². The molecule has 0 atom stereocenters. The Morgan fingerprint density at radius 2 is 1.95 bits per heavy atom. The Kier molecular flexibility index (Phi) is 4.00. The molecule has 4 nitrogen and oxygen atoms in total. The number of hydrogen-bond donors (Lipinski definition) is 2. The summed E-state index contributed by atoms with van der Waals surface area (Å²) < 4.78 is 0. The minimum absolute atomic E-state index is 0.209. The summed E-state index contributed by atoms with van der Waals surface area (Å²) >= 11 is 0. The number of rotatable bonds is 5. The Labute approximate surface area is 112 Å². The lowest BCUT2D eigenvalue weighted by atomic mass is 9.69. The first-order chi connectivity index (χ1) is 9.12. The van der Waals surface area contributed by atoms with E-state index in [0.29, 0.717) is 12.8 Å². The van der Waals surface area contributed by atoms with E-state index in [1.165, 1.54) is 6.08 Å². The van der Waals surface area contributed by atoms with Gasteiger partial charge < -0.3 is 10.4 Å². The van der Waals surface area contributed by atoms with Gasteiger partial charge in [0.15, 0.2) is 0 Å². The summed E-state index contributed by atoms with van der Waals surface area (Å²) in [6, 6.07) is 9.49. The van der Waals surface area contributed by atoms with E-state index in [2.05, 4.69) is 5.32 Å². The molecule has 1 aliphatic rings. The van der Waals surface area contributed by atoms with E-state index >= 15 is 0 Å². The van der Waals surface area contributed by atoms with Crippen molar-refractivity contribution in [3.63, 3.8) is 0 Å². The van der Waals surface area contributed by atoms with Crippen molar-refractivity contribution < 1.29 is 14.7 Å². The van der Waals surface area contributed by atoms with Gasteiger partial charge in [-0.2, -0.15) is 0 Å². The lowest BCUT2D eigenvalue weighted by Crippen LogP contribution is -2.47. The molecule has 0 spiro atoms. The molecule has 4 heteroatoms. The van der Waals surface area contributed by atoms with Gasteiger partial charge in [-0.3, -0.25) is 9.59 Å². The highest BCUT2D eigenvalue weighted by Crippen LogP contribution is 2.40. The van der Waals surface area contributed by atoms with Crippen molar-refractivity contribution >= 4 is 18.0 Å². The van der Waals surface area contributed by atoms with E-state index in [4.69, 9.17) is 5.11 Å². The molecule has 0 aromatic heterocycles. The summed E-state index contributed by atoms with van der Waals surface area (Å²) in [5.74, 6) is -1.07. The summed E-state index contributed by atoms with van der Waals surface area (Å²) in [5, 5.41) is 11.8. The smallest absolute Gasteiger partial charge is 0.311 e. The summed E-state index contributed by atoms with van der Waals surface area (Å²) in [6.45, 7) is 0.209. The van der Waals surface area contributed by atoms with Crippen molar-refractivity contribution in [1.82, 2.24) is 5.32 Å². The lowest BCUT2D eigenvalue weighted by Gasteiger charge is -2.37. The van der Waals surface area contributed by atoms with Crippen LogP contribution in [0, 0.1) is 5.41 Å². The van der Waals surface area contributed by atoms with Crippen molar-refractivity contribution in [3.05, 3.63) is 42.0 Å². The number of hydrogen-bond acceptors (Lipinski definition) is 2. The summed E-state index contributed by atoms with van der Waals surface area (Å²) in [6.07, 6.45) is 5.35. The van der Waals surface area contributed by atoms with Crippen molar-refractivity contribution in [3.8, 4) is 0 Å². The molecule has 1 amide bonds. The molecule has 0 aliphatic heterocycles. The number of amides is 1. The number of carboxylic acid groups (broad SMARTS) is 1. The van der Waals surface area contributed by atoms with E-state index in [1.54, 1.807) is 6.08 Å². The minimum Gasteiger partial charge on any atom is -0.481 e. The highest BCUT2D eigenvalue weighted by Gasteiger charge is 2.44. The van der Waals surface area contributed by atoms with Crippen LogP contribution in [0.4, 0.5) is 0 Å². The van der Waals surface area contributed by atoms with Gasteiger partial charge in [0.1, 0.15) is 0 Å². The van der Waals surface area contributed by atoms with Crippen molar-refractivity contribution in [1.29, 1.82) is 0 Å². The van der Waals surface area contributed by atoms with E-state index in [1.807, 2.05) is 30.3 Å². The molecule has 0 heterocycles. The molecule has 1 fully saturated rings. The first-order valence-corrected chi connectivity index (χ1v) is 6.37. The third kappa shape index (κ3) is 3.22. The Morgan fingerprint density at radius 3 is 2.47 bits per heavy atom. The van der Waals surface area contributed by atoms with Crippen LogP contribution in [0.25, 0.3) is 6.08 Å². The van der Waals surface area contributed by atoms with Crippen molar-refractivity contribution in [2.45, 2.75) is 19.3 Å². The number of carbonyl (C=O) groups is 2. The first kappa shape index (κ1) is 13.3. The molecule has 0 radical (unpaired) electrons. The van der Waals surface area contributed by atoms with E-state index in [9.17, 15) is 9.59 Å². The van der Waals surface area contributed by atoms with E-state index in [0.717, 1.165) is 12.0 Å². The zero-order valence-electron chi connectivity index (χ0n) is 10.6. The zero-order valence-corrected chi connectivity index (χ0v) is 10.6. The predicted octanol–water partition coefficient (Wildman–Crippen LogP) is 2.07. The summed E-state index contributed by atoms with van der Waals surface area (Å²) in [4.78, 5) is 22.8. The van der Waals surface area contributed by atoms with Crippen LogP contribution >= 0.6 is 0 Å². The van der Waals surface area contributed by atoms with Gasteiger partial charge in [0, 0.05) is 12.6 Å². The first-order valence-electron chi connectivity index (χ1n) is 6.37. The zero-order chi connectivity index (χ0) is 13.7. The van der Waals surface area contributed by atoms with Gasteiger partial charge in [-0.25, -0.2) is 0 Å². The molecule has 1 saturated carbocycles. The average molecular weight is 259 g/mol. The van der Waals surface area contributed by atoms with E-state index in [-0.39, 0.29) is 12.5 Å². The number of benzene rings is 1. The molecule has 0 bridgehead atoms. The second-order valence-electron chi connectivity index (χ2n) is 4.90. The van der Waals surface area contributed by atoms with Gasteiger partial charge in [-0.15, -0.1) is 0 Å². The molecule has 2 N–H and O–H groups in total. The summed E-state index contributed by atoms with van der Waals surface area (Å²) in [7, 11) is 0. The van der Waals surface area contributed by atoms with Gasteiger partial charge in [0.2, 0.25) is 5.91 Å². The molecule has 1 aliphatic carbocycles. The molecule has 0 unspecified atom stereocenters. The highest BCUT2D eigenvalue weighted by atomic mass is 16.4. The monoisotopic (exact) mass is 259 g/mol. The maximum atomic E-state index is 11.6. The highest BCUT2D eigenvalue weighted by molar-refractivity contribution is 5.92. The van der Waals surface area contributed by atoms with Gasteiger partial charge in [-0.1, -0.05) is 36.8 Å². The standard InChI is InChI=1S/C15H17NO3/c17-13(8-7-12-5-2-1-3-6-12)16-11-15(14(18)19)9-4-10-15/h1-3,5-8H,4,9-11H2,(H,16,17)(H,18,19)/b8-7+. The van der Waals surface area contributed by atoms with Gasteiger partial charge in [-0.05, 0) is 24.5 Å². The fourth-order valence-corrected chi connectivity index (χ4v) is 2.12. The van der Waals surface area contributed by atoms with Crippen LogP contribution in [0.3, 0.4) is 0 Å². The van der Waals surface area contributed by atoms with Crippen molar-refractivity contribution in [2.24, 2.45) is 5.41 Å². The third-order valence-electron chi connectivity index (χ3n) is 3.59. The quantitative estimate of drug-likeness (QED) is 0.795. The fraction of sp³-hybridized carbons (Fsp3) is 0.333. The van der Waals surface area contributed by atoms with Gasteiger partial charge >= 0.3 is 5.97 Å². The second kappa shape index (κ2) is 5.69. The summed E-state index contributed by atoms with van der Waals surface area (Å²) in [5.41, 5.74) is 0.199. The van der Waals surface area contributed by atoms with Crippen molar-refractivity contribution in [2.75, 3.05) is 6.54 Å². The minimum atomic E-state index is -0.814. The van der Waals surface area contributed by atoms with Crippen LogP contribution in [0.15, 0.2) is 36.4 Å². The predicted molar refractivity (Wildman–Crippen MR) is 72.4 cm³/mol.